The second-order valence-electron chi connectivity index (χ2n) is 4.91. The molecule has 0 fully saturated rings. The highest BCUT2D eigenvalue weighted by Gasteiger charge is 2.14. The van der Waals surface area contributed by atoms with E-state index in [1.54, 1.807) is 12.1 Å². The molecule has 0 amide bonds. The summed E-state index contributed by atoms with van der Waals surface area (Å²) in [6.07, 6.45) is 0.915. The van der Waals surface area contributed by atoms with Crippen molar-refractivity contribution in [1.29, 1.82) is 0 Å². The lowest BCUT2D eigenvalue weighted by Gasteiger charge is -2.17. The molecule has 0 bridgehead atoms. The first-order valence-corrected chi connectivity index (χ1v) is 8.35. The van der Waals surface area contributed by atoms with Crippen molar-refractivity contribution in [2.45, 2.75) is 31.3 Å². The van der Waals surface area contributed by atoms with E-state index < -0.39 is 10.0 Å². The smallest absolute Gasteiger partial charge is 0.238 e. The maximum absolute atomic E-state index is 11.5. The summed E-state index contributed by atoms with van der Waals surface area (Å²) in [5.41, 5.74) is 1.61. The number of nitrogens with two attached hydrogens (primary N) is 1. The van der Waals surface area contributed by atoms with Crippen molar-refractivity contribution in [2.75, 3.05) is 0 Å². The summed E-state index contributed by atoms with van der Waals surface area (Å²) >= 11 is 0. The van der Waals surface area contributed by atoms with Crippen molar-refractivity contribution < 1.29 is 13.2 Å². The Bertz CT molecular complexity index is 712. The van der Waals surface area contributed by atoms with E-state index in [9.17, 15) is 8.42 Å². The van der Waals surface area contributed by atoms with Gasteiger partial charge in [-0.15, -0.1) is 0 Å². The van der Waals surface area contributed by atoms with Crippen LogP contribution in [-0.2, 0) is 10.0 Å². The van der Waals surface area contributed by atoms with Gasteiger partial charge in [-0.2, -0.15) is 0 Å². The Labute approximate surface area is 125 Å². The number of hydrogen-bond donors (Lipinski definition) is 1. The minimum atomic E-state index is -3.74. The summed E-state index contributed by atoms with van der Waals surface area (Å²) in [5, 5.41) is 5.21. The van der Waals surface area contributed by atoms with Crippen LogP contribution >= 0.6 is 0 Å². The van der Waals surface area contributed by atoms with Crippen LogP contribution in [0.2, 0.25) is 0 Å². The number of benzene rings is 2. The van der Waals surface area contributed by atoms with Gasteiger partial charge in [-0.3, -0.25) is 0 Å². The monoisotopic (exact) mass is 305 g/mol. The fraction of sp³-hybridized carbons (Fsp3) is 0.250. The van der Waals surface area contributed by atoms with E-state index in [1.807, 2.05) is 44.2 Å². The van der Waals surface area contributed by atoms with Crippen LogP contribution in [0.4, 0.5) is 0 Å². The topological polar surface area (TPSA) is 69.4 Å². The zero-order valence-corrected chi connectivity index (χ0v) is 12.9. The highest BCUT2D eigenvalue weighted by atomic mass is 32.2. The molecule has 2 aromatic carbocycles. The average Bonchev–Trinajstić information content (AvgIpc) is 2.47. The van der Waals surface area contributed by atoms with Gasteiger partial charge >= 0.3 is 0 Å². The molecule has 1 atom stereocenters. The normalized spacial score (nSPS) is 12.9. The summed E-state index contributed by atoms with van der Waals surface area (Å²) in [4.78, 5) is 0.0813. The second kappa shape index (κ2) is 6.28. The van der Waals surface area contributed by atoms with Gasteiger partial charge in [0.2, 0.25) is 10.0 Å². The predicted octanol–water partition coefficient (Wildman–Crippen LogP) is 3.18. The van der Waals surface area contributed by atoms with Crippen molar-refractivity contribution >= 4 is 10.0 Å². The Hall–Kier alpha value is -1.85. The first kappa shape index (κ1) is 15.5. The molecule has 2 rings (SSSR count). The highest BCUT2D eigenvalue weighted by molar-refractivity contribution is 7.89. The molecule has 4 nitrogen and oxygen atoms in total. The Balaban J connectivity index is 2.56. The maximum atomic E-state index is 11.5. The lowest BCUT2D eigenvalue weighted by atomic mass is 10.0. The number of primary sulfonamides is 1. The molecule has 2 N–H and O–H groups in total. The van der Waals surface area contributed by atoms with Crippen LogP contribution in [0.3, 0.4) is 0 Å². The summed E-state index contributed by atoms with van der Waals surface area (Å²) in [6, 6.07) is 14.2. The van der Waals surface area contributed by atoms with Gasteiger partial charge < -0.3 is 4.74 Å². The van der Waals surface area contributed by atoms with Gasteiger partial charge in [0.05, 0.1) is 11.0 Å². The molecule has 1 unspecified atom stereocenters. The van der Waals surface area contributed by atoms with Crippen LogP contribution in [0.5, 0.6) is 5.75 Å². The summed E-state index contributed by atoms with van der Waals surface area (Å²) in [6.45, 7) is 4.01. The minimum absolute atomic E-state index is 0.0489. The van der Waals surface area contributed by atoms with E-state index in [1.165, 1.54) is 6.07 Å². The fourth-order valence-electron chi connectivity index (χ4n) is 1.93. The molecule has 0 aliphatic heterocycles. The van der Waals surface area contributed by atoms with Crippen molar-refractivity contribution in [2.24, 2.45) is 5.14 Å². The summed E-state index contributed by atoms with van der Waals surface area (Å²) in [7, 11) is -3.74. The molecule has 0 radical (unpaired) electrons. The molecule has 0 saturated heterocycles. The van der Waals surface area contributed by atoms with Crippen molar-refractivity contribution in [1.82, 2.24) is 0 Å². The lowest BCUT2D eigenvalue weighted by Crippen LogP contribution is -2.13. The zero-order chi connectivity index (χ0) is 15.5. The van der Waals surface area contributed by atoms with E-state index in [4.69, 9.17) is 9.88 Å². The van der Waals surface area contributed by atoms with Gasteiger partial charge in [0, 0.05) is 5.56 Å². The SMILES string of the molecule is CCC(C)Oc1ccc(S(N)(=O)=O)cc1-c1ccccc1. The quantitative estimate of drug-likeness (QED) is 0.922. The Morgan fingerprint density at radius 1 is 1.14 bits per heavy atom. The molecular weight excluding hydrogens is 286 g/mol. The number of sulfonamides is 1. The molecule has 0 saturated carbocycles. The van der Waals surface area contributed by atoms with E-state index in [2.05, 4.69) is 0 Å². The van der Waals surface area contributed by atoms with Gasteiger partial charge in [0.15, 0.2) is 0 Å². The first-order valence-electron chi connectivity index (χ1n) is 6.80. The molecular formula is C16H19NO3S. The highest BCUT2D eigenvalue weighted by Crippen LogP contribution is 2.32. The average molecular weight is 305 g/mol. The predicted molar refractivity (Wildman–Crippen MR) is 83.6 cm³/mol. The van der Waals surface area contributed by atoms with Crippen LogP contribution in [0.25, 0.3) is 11.1 Å². The first-order chi connectivity index (χ1) is 9.91. The summed E-state index contributed by atoms with van der Waals surface area (Å²) in [5.74, 6) is 0.656. The molecule has 2 aromatic rings. The molecule has 21 heavy (non-hydrogen) atoms. The number of ether oxygens (including phenoxy) is 1. The third kappa shape index (κ3) is 3.83. The summed E-state index contributed by atoms with van der Waals surface area (Å²) < 4.78 is 29.0. The zero-order valence-electron chi connectivity index (χ0n) is 12.1. The van der Waals surface area contributed by atoms with Gasteiger partial charge in [-0.1, -0.05) is 37.3 Å². The second-order valence-corrected chi connectivity index (χ2v) is 6.47. The third-order valence-corrected chi connectivity index (χ3v) is 4.18. The van der Waals surface area contributed by atoms with Crippen LogP contribution in [-0.4, -0.2) is 14.5 Å². The van der Waals surface area contributed by atoms with Crippen molar-refractivity contribution in [3.8, 4) is 16.9 Å². The molecule has 0 spiro atoms. The van der Waals surface area contributed by atoms with Crippen molar-refractivity contribution in [3.05, 3.63) is 48.5 Å². The van der Waals surface area contributed by atoms with Crippen LogP contribution in [0.15, 0.2) is 53.4 Å². The standard InChI is InChI=1S/C16H19NO3S/c1-3-12(2)20-16-10-9-14(21(17,18)19)11-15(16)13-7-5-4-6-8-13/h4-12H,3H2,1-2H3,(H2,17,18,19). The van der Waals surface area contributed by atoms with E-state index in [0.717, 1.165) is 17.5 Å². The molecule has 0 heterocycles. The van der Waals surface area contributed by atoms with Crippen molar-refractivity contribution in [3.63, 3.8) is 0 Å². The largest absolute Gasteiger partial charge is 0.490 e. The van der Waals surface area contributed by atoms with Gasteiger partial charge in [-0.05, 0) is 37.1 Å². The fourth-order valence-corrected chi connectivity index (χ4v) is 2.47. The van der Waals surface area contributed by atoms with E-state index in [-0.39, 0.29) is 11.0 Å². The van der Waals surface area contributed by atoms with Gasteiger partial charge in [0.25, 0.3) is 0 Å². The van der Waals surface area contributed by atoms with Crippen LogP contribution < -0.4 is 9.88 Å². The molecule has 112 valence electrons. The van der Waals surface area contributed by atoms with Gasteiger partial charge in [0.1, 0.15) is 5.75 Å². The number of rotatable bonds is 5. The van der Waals surface area contributed by atoms with E-state index in [0.29, 0.717) is 5.75 Å². The Morgan fingerprint density at radius 2 is 1.81 bits per heavy atom. The molecule has 0 aliphatic rings. The molecule has 0 aliphatic carbocycles. The van der Waals surface area contributed by atoms with E-state index >= 15 is 0 Å². The Morgan fingerprint density at radius 3 is 2.38 bits per heavy atom. The molecule has 0 aromatic heterocycles. The van der Waals surface area contributed by atoms with Crippen LogP contribution in [0, 0.1) is 0 Å². The van der Waals surface area contributed by atoms with Crippen LogP contribution in [0.1, 0.15) is 20.3 Å². The number of hydrogen-bond acceptors (Lipinski definition) is 3. The third-order valence-electron chi connectivity index (χ3n) is 3.27. The molecule has 5 heteroatoms. The van der Waals surface area contributed by atoms with Gasteiger partial charge in [-0.25, -0.2) is 13.6 Å². The minimum Gasteiger partial charge on any atom is -0.490 e. The maximum Gasteiger partial charge on any atom is 0.238 e. The Kier molecular flexibility index (Phi) is 4.65. The lowest BCUT2D eigenvalue weighted by molar-refractivity contribution is 0.218.